The van der Waals surface area contributed by atoms with E-state index in [2.05, 4.69) is 27.3 Å². The number of ether oxygens (including phenoxy) is 1. The Kier molecular flexibility index (Phi) is 4.63. The zero-order valence-electron chi connectivity index (χ0n) is 16.5. The fourth-order valence-corrected chi connectivity index (χ4v) is 4.24. The largest absolute Gasteiger partial charge is 0.497 e. The number of H-pyrrole nitrogens is 2. The van der Waals surface area contributed by atoms with E-state index in [0.29, 0.717) is 23.7 Å². The summed E-state index contributed by atoms with van der Waals surface area (Å²) in [6.45, 7) is 1.43. The van der Waals surface area contributed by atoms with E-state index in [9.17, 15) is 4.79 Å². The van der Waals surface area contributed by atoms with Crippen LogP contribution in [0.3, 0.4) is 0 Å². The summed E-state index contributed by atoms with van der Waals surface area (Å²) in [6, 6.07) is 15.8. The Balaban J connectivity index is 1.40. The van der Waals surface area contributed by atoms with Crippen molar-refractivity contribution in [3.63, 3.8) is 0 Å². The Morgan fingerprint density at radius 3 is 2.80 bits per heavy atom. The maximum atomic E-state index is 13.2. The zero-order valence-corrected chi connectivity index (χ0v) is 17.3. The fourth-order valence-electron chi connectivity index (χ4n) is 4.04. The second-order valence-electron chi connectivity index (χ2n) is 7.36. The van der Waals surface area contributed by atoms with Crippen LogP contribution in [-0.4, -0.2) is 44.2 Å². The molecule has 2 aromatic heterocycles. The molecule has 2 aromatic carbocycles. The van der Waals surface area contributed by atoms with Gasteiger partial charge in [0.25, 0.3) is 0 Å². The molecule has 2 N–H and O–H groups in total. The van der Waals surface area contributed by atoms with E-state index >= 15 is 0 Å². The number of benzene rings is 2. The van der Waals surface area contributed by atoms with Crippen LogP contribution in [0.5, 0.6) is 5.75 Å². The molecule has 8 heteroatoms. The summed E-state index contributed by atoms with van der Waals surface area (Å²) >= 11 is 5.40. The van der Waals surface area contributed by atoms with Gasteiger partial charge in [0, 0.05) is 47.2 Å². The molecule has 0 saturated heterocycles. The van der Waals surface area contributed by atoms with Crippen LogP contribution in [-0.2, 0) is 24.3 Å². The highest BCUT2D eigenvalue weighted by atomic mass is 32.1. The molecule has 0 aliphatic carbocycles. The van der Waals surface area contributed by atoms with Gasteiger partial charge in [-0.2, -0.15) is 5.10 Å². The van der Waals surface area contributed by atoms with Crippen LogP contribution in [0.25, 0.3) is 22.3 Å². The molecule has 0 unspecified atom stereocenters. The number of hydrogen-bond donors (Lipinski definition) is 2. The van der Waals surface area contributed by atoms with Gasteiger partial charge in [0.05, 0.1) is 7.11 Å². The quantitative estimate of drug-likeness (QED) is 0.495. The van der Waals surface area contributed by atoms with Crippen molar-refractivity contribution in [3.05, 3.63) is 64.6 Å². The van der Waals surface area contributed by atoms with E-state index in [4.69, 9.17) is 17.0 Å². The van der Waals surface area contributed by atoms with Crippen molar-refractivity contribution >= 4 is 29.0 Å². The molecule has 0 fully saturated rings. The molecule has 5 rings (SSSR count). The Labute approximate surface area is 178 Å². The van der Waals surface area contributed by atoms with Crippen LogP contribution in [0.2, 0.25) is 0 Å². The summed E-state index contributed by atoms with van der Waals surface area (Å²) in [5.41, 5.74) is 4.42. The van der Waals surface area contributed by atoms with Gasteiger partial charge in [-0.05, 0) is 42.5 Å². The van der Waals surface area contributed by atoms with Crippen molar-refractivity contribution in [1.29, 1.82) is 0 Å². The number of nitrogens with zero attached hydrogens (tertiary/aromatic N) is 3. The van der Waals surface area contributed by atoms with E-state index in [-0.39, 0.29) is 12.5 Å². The van der Waals surface area contributed by atoms with Gasteiger partial charge in [-0.3, -0.25) is 14.5 Å². The molecule has 0 saturated carbocycles. The molecule has 1 amide bonds. The Morgan fingerprint density at radius 2 is 2.00 bits per heavy atom. The standard InChI is InChI=1S/C22H21N5O2S/c1-29-15-8-6-14(7-9-15)21-24-25-22(30)27(21)13-20(28)26-11-10-19-17(12-26)16-4-2-3-5-18(16)23-19/h2-9,23H,10-13H2,1H3,(H,25,30). The van der Waals surface area contributed by atoms with Crippen molar-refractivity contribution in [3.8, 4) is 17.1 Å². The number of amides is 1. The van der Waals surface area contributed by atoms with Crippen LogP contribution in [0.1, 0.15) is 11.3 Å². The van der Waals surface area contributed by atoms with Crippen LogP contribution < -0.4 is 4.74 Å². The number of aromatic amines is 2. The Morgan fingerprint density at radius 1 is 1.20 bits per heavy atom. The summed E-state index contributed by atoms with van der Waals surface area (Å²) in [4.78, 5) is 18.5. The lowest BCUT2D eigenvalue weighted by atomic mass is 10.0. The predicted octanol–water partition coefficient (Wildman–Crippen LogP) is 3.68. The van der Waals surface area contributed by atoms with E-state index in [1.54, 1.807) is 11.7 Å². The number of carbonyl (C=O) groups is 1. The van der Waals surface area contributed by atoms with Crippen molar-refractivity contribution < 1.29 is 9.53 Å². The first-order valence-corrected chi connectivity index (χ1v) is 10.2. The number of nitrogens with one attached hydrogen (secondary N) is 2. The second-order valence-corrected chi connectivity index (χ2v) is 7.75. The third-order valence-corrected chi connectivity index (χ3v) is 5.95. The summed E-state index contributed by atoms with van der Waals surface area (Å²) < 4.78 is 7.40. The maximum Gasteiger partial charge on any atom is 0.242 e. The lowest BCUT2D eigenvalue weighted by Crippen LogP contribution is -2.38. The minimum atomic E-state index is 0.0261. The molecular weight excluding hydrogens is 398 g/mol. The number of rotatable bonds is 4. The van der Waals surface area contributed by atoms with Gasteiger partial charge in [-0.15, -0.1) is 0 Å². The lowest BCUT2D eigenvalue weighted by molar-refractivity contribution is -0.132. The number of hydrogen-bond acceptors (Lipinski definition) is 4. The van der Waals surface area contributed by atoms with Crippen molar-refractivity contribution in [2.24, 2.45) is 0 Å². The van der Waals surface area contributed by atoms with E-state index in [0.717, 1.165) is 23.3 Å². The number of para-hydroxylation sites is 1. The smallest absolute Gasteiger partial charge is 0.242 e. The molecule has 152 valence electrons. The highest BCUT2D eigenvalue weighted by Gasteiger charge is 2.25. The summed E-state index contributed by atoms with van der Waals surface area (Å²) in [5, 5.41) is 8.34. The molecule has 30 heavy (non-hydrogen) atoms. The fraction of sp³-hybridized carbons (Fsp3) is 0.227. The van der Waals surface area contributed by atoms with Gasteiger partial charge in [0.1, 0.15) is 12.3 Å². The average Bonchev–Trinajstić information content (AvgIpc) is 3.33. The van der Waals surface area contributed by atoms with Crippen molar-refractivity contribution in [1.82, 2.24) is 24.6 Å². The van der Waals surface area contributed by atoms with Crippen LogP contribution in [0.4, 0.5) is 0 Å². The first kappa shape index (κ1) is 18.6. The molecular formula is C22H21N5O2S. The minimum Gasteiger partial charge on any atom is -0.497 e. The maximum absolute atomic E-state index is 13.2. The van der Waals surface area contributed by atoms with Crippen LogP contribution >= 0.6 is 12.2 Å². The third kappa shape index (κ3) is 3.19. The van der Waals surface area contributed by atoms with Gasteiger partial charge in [0.2, 0.25) is 5.91 Å². The van der Waals surface area contributed by atoms with Crippen LogP contribution in [0, 0.1) is 4.77 Å². The topological polar surface area (TPSA) is 78.9 Å². The SMILES string of the molecule is COc1ccc(-c2n[nH]c(=S)n2CC(=O)N2CCc3[nH]c4ccccc4c3C2)cc1. The summed E-state index contributed by atoms with van der Waals surface area (Å²) in [7, 11) is 1.63. The molecule has 0 atom stereocenters. The van der Waals surface area contributed by atoms with Gasteiger partial charge in [-0.25, -0.2) is 0 Å². The van der Waals surface area contributed by atoms with E-state index < -0.39 is 0 Å². The molecule has 0 bridgehead atoms. The Hall–Kier alpha value is -3.39. The number of carbonyl (C=O) groups excluding carboxylic acids is 1. The van der Waals surface area contributed by atoms with E-state index in [1.165, 1.54) is 16.6 Å². The molecule has 4 aromatic rings. The molecule has 0 radical (unpaired) electrons. The van der Waals surface area contributed by atoms with Crippen molar-refractivity contribution in [2.45, 2.75) is 19.5 Å². The molecule has 3 heterocycles. The second kappa shape index (κ2) is 7.46. The third-order valence-electron chi connectivity index (χ3n) is 5.64. The molecule has 7 nitrogen and oxygen atoms in total. The zero-order chi connectivity index (χ0) is 20.7. The number of aromatic nitrogens is 4. The van der Waals surface area contributed by atoms with Gasteiger partial charge < -0.3 is 14.6 Å². The monoisotopic (exact) mass is 419 g/mol. The van der Waals surface area contributed by atoms with Gasteiger partial charge in [0.15, 0.2) is 10.6 Å². The molecule has 1 aliphatic rings. The first-order valence-electron chi connectivity index (χ1n) is 9.80. The predicted molar refractivity (Wildman–Crippen MR) is 117 cm³/mol. The van der Waals surface area contributed by atoms with Crippen LogP contribution in [0.15, 0.2) is 48.5 Å². The van der Waals surface area contributed by atoms with Gasteiger partial charge >= 0.3 is 0 Å². The average molecular weight is 420 g/mol. The first-order chi connectivity index (χ1) is 14.6. The van der Waals surface area contributed by atoms with Crippen molar-refractivity contribution in [2.75, 3.05) is 13.7 Å². The number of methoxy groups -OCH3 is 1. The summed E-state index contributed by atoms with van der Waals surface area (Å²) in [5.74, 6) is 1.43. The minimum absolute atomic E-state index is 0.0261. The summed E-state index contributed by atoms with van der Waals surface area (Å²) in [6.07, 6.45) is 0.817. The number of fused-ring (bicyclic) bond motifs is 3. The lowest BCUT2D eigenvalue weighted by Gasteiger charge is -2.27. The molecule has 0 spiro atoms. The normalized spacial score (nSPS) is 13.4. The van der Waals surface area contributed by atoms with Gasteiger partial charge in [-0.1, -0.05) is 18.2 Å². The highest BCUT2D eigenvalue weighted by molar-refractivity contribution is 7.71. The Bertz CT molecular complexity index is 1290. The molecule has 1 aliphatic heterocycles. The highest BCUT2D eigenvalue weighted by Crippen LogP contribution is 2.28. The van der Waals surface area contributed by atoms with E-state index in [1.807, 2.05) is 41.3 Å².